The van der Waals surface area contributed by atoms with Crippen LogP contribution in [0.3, 0.4) is 0 Å². The molecule has 4 N–H and O–H groups in total. The minimum absolute atomic E-state index is 0.00581. The molecule has 8 heteroatoms. The predicted octanol–water partition coefficient (Wildman–Crippen LogP) is 3.59. The van der Waals surface area contributed by atoms with Gasteiger partial charge in [0.25, 0.3) is 5.91 Å². The van der Waals surface area contributed by atoms with Crippen molar-refractivity contribution in [2.24, 2.45) is 0 Å². The van der Waals surface area contributed by atoms with Gasteiger partial charge in [0.05, 0.1) is 5.02 Å². The van der Waals surface area contributed by atoms with Gasteiger partial charge in [0.15, 0.2) is 5.13 Å². The summed E-state index contributed by atoms with van der Waals surface area (Å²) >= 11 is 6.73. The van der Waals surface area contributed by atoms with E-state index in [1.165, 1.54) is 12.1 Å². The van der Waals surface area contributed by atoms with E-state index >= 15 is 0 Å². The molecule has 0 atom stereocenters. The van der Waals surface area contributed by atoms with E-state index in [1.807, 2.05) is 13.8 Å². The Hall–Kier alpha value is -1.86. The van der Waals surface area contributed by atoms with Gasteiger partial charge in [0.1, 0.15) is 16.5 Å². The monoisotopic (exact) mass is 328 g/mol. The average Bonchev–Trinajstić information content (AvgIpc) is 2.74. The van der Waals surface area contributed by atoms with Gasteiger partial charge in [-0.15, -0.1) is 0 Å². The third-order valence-corrected chi connectivity index (χ3v) is 3.76. The molecule has 1 heterocycles. The first-order valence-electron chi connectivity index (χ1n) is 6.16. The van der Waals surface area contributed by atoms with Crippen LogP contribution < -0.4 is 16.4 Å². The molecule has 0 aliphatic rings. The molecule has 1 aromatic carbocycles. The summed E-state index contributed by atoms with van der Waals surface area (Å²) in [6.07, 6.45) is 0. The summed E-state index contributed by atoms with van der Waals surface area (Å²) in [4.78, 5) is 16.5. The molecule has 0 unspecified atom stereocenters. The van der Waals surface area contributed by atoms with Crippen LogP contribution in [0.2, 0.25) is 5.02 Å². The van der Waals surface area contributed by atoms with Gasteiger partial charge in [-0.1, -0.05) is 22.9 Å². The summed E-state index contributed by atoms with van der Waals surface area (Å²) in [5, 5.41) is 6.19. The second-order valence-electron chi connectivity index (χ2n) is 4.62. The van der Waals surface area contributed by atoms with Crippen LogP contribution in [0.1, 0.15) is 23.5 Å². The van der Waals surface area contributed by atoms with Crippen LogP contribution in [0.5, 0.6) is 0 Å². The molecule has 0 aliphatic carbocycles. The lowest BCUT2D eigenvalue weighted by molar-refractivity contribution is 0.103. The van der Waals surface area contributed by atoms with Crippen LogP contribution in [0, 0.1) is 5.82 Å². The molecule has 21 heavy (non-hydrogen) atoms. The third-order valence-electron chi connectivity index (χ3n) is 2.45. The van der Waals surface area contributed by atoms with E-state index in [2.05, 4.69) is 15.6 Å². The van der Waals surface area contributed by atoms with E-state index < -0.39 is 11.7 Å². The number of anilines is 3. The zero-order valence-corrected chi connectivity index (χ0v) is 13.0. The predicted molar refractivity (Wildman–Crippen MR) is 84.6 cm³/mol. The molecule has 112 valence electrons. The van der Waals surface area contributed by atoms with Crippen LogP contribution >= 0.6 is 22.9 Å². The second kappa shape index (κ2) is 6.28. The molecule has 0 fully saturated rings. The number of hydrogen-bond donors (Lipinski definition) is 3. The van der Waals surface area contributed by atoms with E-state index in [0.29, 0.717) is 10.8 Å². The number of aromatic nitrogens is 1. The van der Waals surface area contributed by atoms with Crippen molar-refractivity contribution in [3.05, 3.63) is 33.9 Å². The fraction of sp³-hybridized carbons (Fsp3) is 0.231. The van der Waals surface area contributed by atoms with Gasteiger partial charge in [-0.2, -0.15) is 0 Å². The molecule has 0 aliphatic heterocycles. The maximum atomic E-state index is 13.3. The van der Waals surface area contributed by atoms with Gasteiger partial charge in [0, 0.05) is 11.7 Å². The van der Waals surface area contributed by atoms with Crippen molar-refractivity contribution in [3.63, 3.8) is 0 Å². The lowest BCUT2D eigenvalue weighted by Crippen LogP contribution is -2.12. The summed E-state index contributed by atoms with van der Waals surface area (Å²) in [6, 6.07) is 4.20. The number of nitrogens with one attached hydrogen (secondary N) is 2. The number of benzene rings is 1. The van der Waals surface area contributed by atoms with Gasteiger partial charge < -0.3 is 16.4 Å². The number of thiazole rings is 1. The van der Waals surface area contributed by atoms with Crippen molar-refractivity contribution >= 4 is 45.5 Å². The quantitative estimate of drug-likeness (QED) is 0.801. The number of carbonyl (C=O) groups excluding carboxylic acids is 1. The molecule has 2 rings (SSSR count). The van der Waals surface area contributed by atoms with Crippen molar-refractivity contribution < 1.29 is 9.18 Å². The number of amides is 1. The van der Waals surface area contributed by atoms with Gasteiger partial charge in [-0.3, -0.25) is 4.79 Å². The topological polar surface area (TPSA) is 80.0 Å². The number of rotatable bonds is 4. The van der Waals surface area contributed by atoms with Crippen molar-refractivity contribution in [2.45, 2.75) is 19.9 Å². The Balaban J connectivity index is 2.16. The van der Waals surface area contributed by atoms with Crippen LogP contribution in [-0.2, 0) is 0 Å². The Bertz CT molecular complexity index is 674. The molecular weight excluding hydrogens is 315 g/mol. The SMILES string of the molecule is CC(C)Nc1nc(N)c(C(=O)Nc2ccc(Cl)c(F)c2)s1. The highest BCUT2D eigenvalue weighted by Crippen LogP contribution is 2.27. The Morgan fingerprint density at radius 3 is 2.81 bits per heavy atom. The first-order valence-corrected chi connectivity index (χ1v) is 7.35. The molecule has 5 nitrogen and oxygen atoms in total. The number of hydrogen-bond acceptors (Lipinski definition) is 5. The Morgan fingerprint density at radius 2 is 2.19 bits per heavy atom. The summed E-state index contributed by atoms with van der Waals surface area (Å²) in [5.74, 6) is -0.910. The molecular formula is C13H14ClFN4OS. The van der Waals surface area contributed by atoms with Crippen molar-refractivity contribution in [2.75, 3.05) is 16.4 Å². The normalized spacial score (nSPS) is 10.7. The minimum Gasteiger partial charge on any atom is -0.382 e. The maximum Gasteiger partial charge on any atom is 0.269 e. The van der Waals surface area contributed by atoms with Crippen molar-refractivity contribution in [3.8, 4) is 0 Å². The first-order chi connectivity index (χ1) is 9.86. The molecule has 1 amide bonds. The van der Waals surface area contributed by atoms with E-state index in [-0.39, 0.29) is 21.8 Å². The van der Waals surface area contributed by atoms with Crippen LogP contribution in [0.25, 0.3) is 0 Å². The largest absolute Gasteiger partial charge is 0.382 e. The molecule has 1 aromatic heterocycles. The number of nitrogens with zero attached hydrogens (tertiary/aromatic N) is 1. The fourth-order valence-electron chi connectivity index (χ4n) is 1.57. The van der Waals surface area contributed by atoms with E-state index in [0.717, 1.165) is 17.4 Å². The zero-order valence-electron chi connectivity index (χ0n) is 11.4. The lowest BCUT2D eigenvalue weighted by atomic mass is 10.3. The van der Waals surface area contributed by atoms with Gasteiger partial charge in [-0.05, 0) is 32.0 Å². The summed E-state index contributed by atoms with van der Waals surface area (Å²) in [6.45, 7) is 3.90. The zero-order chi connectivity index (χ0) is 15.6. The van der Waals surface area contributed by atoms with Gasteiger partial charge >= 0.3 is 0 Å². The Labute approximate surface area is 130 Å². The first kappa shape index (κ1) is 15.5. The smallest absolute Gasteiger partial charge is 0.269 e. The number of nitrogen functional groups attached to an aromatic ring is 1. The van der Waals surface area contributed by atoms with E-state index in [9.17, 15) is 9.18 Å². The van der Waals surface area contributed by atoms with Crippen LogP contribution in [0.4, 0.5) is 21.0 Å². The number of halogens is 2. The maximum absolute atomic E-state index is 13.3. The summed E-state index contributed by atoms with van der Waals surface area (Å²) < 4.78 is 13.3. The Kier molecular flexibility index (Phi) is 4.64. The van der Waals surface area contributed by atoms with E-state index in [4.69, 9.17) is 17.3 Å². The number of nitrogens with two attached hydrogens (primary N) is 1. The van der Waals surface area contributed by atoms with Crippen LogP contribution in [0.15, 0.2) is 18.2 Å². The van der Waals surface area contributed by atoms with Crippen molar-refractivity contribution in [1.29, 1.82) is 0 Å². The summed E-state index contributed by atoms with van der Waals surface area (Å²) in [7, 11) is 0. The van der Waals surface area contributed by atoms with Crippen molar-refractivity contribution in [1.82, 2.24) is 4.98 Å². The number of carbonyl (C=O) groups is 1. The fourth-order valence-corrected chi connectivity index (χ4v) is 2.61. The van der Waals surface area contributed by atoms with Crippen LogP contribution in [-0.4, -0.2) is 16.9 Å². The van der Waals surface area contributed by atoms with Gasteiger partial charge in [0.2, 0.25) is 0 Å². The van der Waals surface area contributed by atoms with E-state index in [1.54, 1.807) is 0 Å². The highest BCUT2D eigenvalue weighted by atomic mass is 35.5. The molecule has 2 aromatic rings. The molecule has 0 bridgehead atoms. The average molecular weight is 329 g/mol. The lowest BCUT2D eigenvalue weighted by Gasteiger charge is -2.05. The molecule has 0 saturated carbocycles. The highest BCUT2D eigenvalue weighted by molar-refractivity contribution is 7.18. The summed E-state index contributed by atoms with van der Waals surface area (Å²) in [5.41, 5.74) is 6.03. The standard InChI is InChI=1S/C13H14ClFN4OS/c1-6(2)17-13-19-11(16)10(21-13)12(20)18-7-3-4-8(14)9(15)5-7/h3-6H,16H2,1-2H3,(H,17,19)(H,18,20). The molecule has 0 radical (unpaired) electrons. The third kappa shape index (κ3) is 3.83. The molecule has 0 spiro atoms. The Morgan fingerprint density at radius 1 is 1.48 bits per heavy atom. The minimum atomic E-state index is -0.603. The second-order valence-corrected chi connectivity index (χ2v) is 6.02. The highest BCUT2D eigenvalue weighted by Gasteiger charge is 2.17. The van der Waals surface area contributed by atoms with Gasteiger partial charge in [-0.25, -0.2) is 9.37 Å². The molecule has 0 saturated heterocycles.